The standard InChI is InChI=1S/C26H27FO3S/c1-6-15-9-21-18(10-20(15)28-5)24-14(2)17-11-23(31-27)19-12-26(3,4)8-7-16(19)25(17)30-22(24)13-29-21/h7-11,22,24H,2,6,12-13H2,1,3-5H3/t22-,24+/m1/s1. The highest BCUT2D eigenvalue weighted by Gasteiger charge is 2.42. The summed E-state index contributed by atoms with van der Waals surface area (Å²) in [5.74, 6) is 2.44. The number of aryl methyl sites for hydroxylation is 1. The largest absolute Gasteiger partial charge is 0.496 e. The van der Waals surface area contributed by atoms with Crippen LogP contribution >= 0.6 is 12.1 Å². The molecule has 0 amide bonds. The maximum Gasteiger partial charge on any atom is 0.144 e. The Balaban J connectivity index is 1.65. The van der Waals surface area contributed by atoms with Gasteiger partial charge in [-0.2, -0.15) is 3.89 Å². The van der Waals surface area contributed by atoms with E-state index >= 15 is 0 Å². The molecule has 2 atom stereocenters. The van der Waals surface area contributed by atoms with E-state index in [1.807, 2.05) is 6.07 Å². The summed E-state index contributed by atoms with van der Waals surface area (Å²) in [5.41, 5.74) is 5.93. The Labute approximate surface area is 187 Å². The number of fused-ring (bicyclic) bond motifs is 6. The van der Waals surface area contributed by atoms with Crippen molar-refractivity contribution in [1.82, 2.24) is 0 Å². The minimum Gasteiger partial charge on any atom is -0.496 e. The smallest absolute Gasteiger partial charge is 0.144 e. The number of hydrogen-bond acceptors (Lipinski definition) is 4. The number of methoxy groups -OCH3 is 1. The molecule has 0 radical (unpaired) electrons. The first-order chi connectivity index (χ1) is 14.9. The van der Waals surface area contributed by atoms with E-state index in [1.54, 1.807) is 7.11 Å². The molecule has 3 aliphatic rings. The topological polar surface area (TPSA) is 27.7 Å². The van der Waals surface area contributed by atoms with Crippen LogP contribution in [0, 0.1) is 5.41 Å². The van der Waals surface area contributed by atoms with Crippen molar-refractivity contribution in [1.29, 1.82) is 0 Å². The van der Waals surface area contributed by atoms with Gasteiger partial charge < -0.3 is 14.2 Å². The summed E-state index contributed by atoms with van der Waals surface area (Å²) in [5, 5.41) is 0. The van der Waals surface area contributed by atoms with Crippen LogP contribution in [0.25, 0.3) is 11.6 Å². The molecule has 0 saturated heterocycles. The molecule has 0 unspecified atom stereocenters. The van der Waals surface area contributed by atoms with Gasteiger partial charge in [-0.05, 0) is 53.2 Å². The van der Waals surface area contributed by atoms with Gasteiger partial charge in [0.15, 0.2) is 0 Å². The van der Waals surface area contributed by atoms with E-state index in [-0.39, 0.29) is 17.4 Å². The Morgan fingerprint density at radius 3 is 2.81 bits per heavy atom. The Kier molecular flexibility index (Phi) is 4.85. The minimum absolute atomic E-state index is 0.0135. The highest BCUT2D eigenvalue weighted by atomic mass is 32.2. The van der Waals surface area contributed by atoms with E-state index in [1.165, 1.54) is 0 Å². The van der Waals surface area contributed by atoms with Crippen molar-refractivity contribution in [2.24, 2.45) is 5.41 Å². The van der Waals surface area contributed by atoms with Crippen molar-refractivity contribution >= 4 is 23.8 Å². The van der Waals surface area contributed by atoms with Gasteiger partial charge in [0.25, 0.3) is 0 Å². The lowest BCUT2D eigenvalue weighted by Gasteiger charge is -2.41. The molecule has 3 nitrogen and oxygen atoms in total. The van der Waals surface area contributed by atoms with Gasteiger partial charge in [-0.3, -0.25) is 0 Å². The van der Waals surface area contributed by atoms with Gasteiger partial charge in [0.1, 0.15) is 30.0 Å². The van der Waals surface area contributed by atoms with E-state index < -0.39 is 0 Å². The second-order valence-corrected chi connectivity index (χ2v) is 9.84. The fourth-order valence-corrected chi connectivity index (χ4v) is 5.51. The van der Waals surface area contributed by atoms with Crippen LogP contribution in [0.1, 0.15) is 54.5 Å². The monoisotopic (exact) mass is 438 g/mol. The molecule has 2 heterocycles. The van der Waals surface area contributed by atoms with Crippen molar-refractivity contribution < 1.29 is 18.1 Å². The normalized spacial score (nSPS) is 22.4. The van der Waals surface area contributed by atoms with Crippen LogP contribution in [0.4, 0.5) is 3.89 Å². The Bertz CT molecular complexity index is 1120. The second kappa shape index (κ2) is 7.33. The summed E-state index contributed by atoms with van der Waals surface area (Å²) in [6.07, 6.45) is 5.73. The van der Waals surface area contributed by atoms with Crippen LogP contribution in [0.15, 0.2) is 35.7 Å². The molecule has 0 fully saturated rings. The molecule has 5 rings (SSSR count). The third kappa shape index (κ3) is 3.16. The summed E-state index contributed by atoms with van der Waals surface area (Å²) in [6.45, 7) is 11.3. The SMILES string of the molecule is C=C1c2cc(SF)c3c(c2O[C@@H]2COc4cc(CC)c(OC)cc4[C@H]12)C=CC(C)(C)C3. The average molecular weight is 439 g/mol. The first-order valence-electron chi connectivity index (χ1n) is 10.7. The lowest BCUT2D eigenvalue weighted by molar-refractivity contribution is 0.0947. The third-order valence-electron chi connectivity index (χ3n) is 6.70. The van der Waals surface area contributed by atoms with E-state index in [0.717, 1.165) is 63.5 Å². The fraction of sp³-hybridized carbons (Fsp3) is 0.385. The van der Waals surface area contributed by atoms with Crippen molar-refractivity contribution in [3.63, 3.8) is 0 Å². The highest BCUT2D eigenvalue weighted by Crippen LogP contribution is 2.54. The zero-order valence-corrected chi connectivity index (χ0v) is 19.2. The van der Waals surface area contributed by atoms with E-state index in [4.69, 9.17) is 14.2 Å². The van der Waals surface area contributed by atoms with Crippen molar-refractivity contribution in [3.05, 3.63) is 58.7 Å². The molecule has 1 aliphatic carbocycles. The van der Waals surface area contributed by atoms with Gasteiger partial charge in [-0.15, -0.1) is 0 Å². The average Bonchev–Trinajstić information content (AvgIpc) is 2.76. The molecule has 0 aromatic heterocycles. The summed E-state index contributed by atoms with van der Waals surface area (Å²) >= 11 is 0.310. The predicted molar refractivity (Wildman–Crippen MR) is 124 cm³/mol. The summed E-state index contributed by atoms with van der Waals surface area (Å²) in [4.78, 5) is 0.653. The zero-order valence-electron chi connectivity index (χ0n) is 18.4. The predicted octanol–water partition coefficient (Wildman–Crippen LogP) is 6.78. The van der Waals surface area contributed by atoms with E-state index in [9.17, 15) is 3.89 Å². The number of halogens is 1. The molecule has 5 heteroatoms. The van der Waals surface area contributed by atoms with Crippen LogP contribution in [-0.2, 0) is 12.8 Å². The van der Waals surface area contributed by atoms with Crippen molar-refractivity contribution in [2.75, 3.05) is 13.7 Å². The third-order valence-corrected chi connectivity index (χ3v) is 7.23. The van der Waals surface area contributed by atoms with E-state index in [2.05, 4.69) is 51.6 Å². The summed E-state index contributed by atoms with van der Waals surface area (Å²) in [6, 6.07) is 6.03. The number of rotatable bonds is 3. The molecule has 0 bridgehead atoms. The molecule has 2 aliphatic heterocycles. The number of hydrogen-bond donors (Lipinski definition) is 0. The highest BCUT2D eigenvalue weighted by molar-refractivity contribution is 7.94. The Morgan fingerprint density at radius 1 is 1.29 bits per heavy atom. The molecule has 162 valence electrons. The molecule has 2 aromatic carbocycles. The van der Waals surface area contributed by atoms with Gasteiger partial charge in [-0.25, -0.2) is 0 Å². The number of ether oxygens (including phenoxy) is 3. The molecule has 0 spiro atoms. The fourth-order valence-electron chi connectivity index (χ4n) is 5.07. The summed E-state index contributed by atoms with van der Waals surface area (Å²) in [7, 11) is 1.69. The number of allylic oxidation sites excluding steroid dienone is 1. The maximum absolute atomic E-state index is 14.0. The summed E-state index contributed by atoms with van der Waals surface area (Å²) < 4.78 is 32.3. The maximum atomic E-state index is 14.0. The van der Waals surface area contributed by atoms with Crippen LogP contribution in [-0.4, -0.2) is 19.8 Å². The van der Waals surface area contributed by atoms with Crippen LogP contribution < -0.4 is 14.2 Å². The van der Waals surface area contributed by atoms with Gasteiger partial charge in [0.2, 0.25) is 0 Å². The van der Waals surface area contributed by atoms with Crippen LogP contribution in [0.3, 0.4) is 0 Å². The minimum atomic E-state index is -0.180. The van der Waals surface area contributed by atoms with E-state index in [0.29, 0.717) is 23.7 Å². The van der Waals surface area contributed by atoms with Crippen LogP contribution in [0.2, 0.25) is 0 Å². The van der Waals surface area contributed by atoms with Gasteiger partial charge in [0.05, 0.1) is 25.2 Å². The Hall–Kier alpha value is -2.40. The van der Waals surface area contributed by atoms with Gasteiger partial charge in [-0.1, -0.05) is 39.5 Å². The first kappa shape index (κ1) is 20.5. The molecular formula is C26H27FO3S. The quantitative estimate of drug-likeness (QED) is 0.528. The second-order valence-electron chi connectivity index (χ2n) is 9.25. The molecule has 31 heavy (non-hydrogen) atoms. The van der Waals surface area contributed by atoms with Gasteiger partial charge >= 0.3 is 0 Å². The van der Waals surface area contributed by atoms with Crippen molar-refractivity contribution in [3.8, 4) is 17.2 Å². The first-order valence-corrected chi connectivity index (χ1v) is 11.5. The molecule has 0 saturated carbocycles. The molecular weight excluding hydrogens is 411 g/mol. The molecule has 2 aromatic rings. The van der Waals surface area contributed by atoms with Gasteiger partial charge in [0, 0.05) is 21.6 Å². The molecule has 0 N–H and O–H groups in total. The lowest BCUT2D eigenvalue weighted by atomic mass is 9.75. The number of benzene rings is 2. The van der Waals surface area contributed by atoms with Crippen molar-refractivity contribution in [2.45, 2.75) is 50.5 Å². The Morgan fingerprint density at radius 2 is 2.10 bits per heavy atom. The zero-order chi connectivity index (χ0) is 21.9. The van der Waals surface area contributed by atoms with Crippen LogP contribution in [0.5, 0.6) is 17.2 Å². The lowest BCUT2D eigenvalue weighted by Crippen LogP contribution is -2.39.